The Morgan fingerprint density at radius 3 is 2.78 bits per heavy atom. The van der Waals surface area contributed by atoms with Crippen LogP contribution in [0, 0.1) is 11.3 Å². The van der Waals surface area contributed by atoms with Crippen molar-refractivity contribution in [3.8, 4) is 17.6 Å². The number of urea groups is 1. The van der Waals surface area contributed by atoms with E-state index in [-0.39, 0.29) is 19.2 Å². The van der Waals surface area contributed by atoms with Gasteiger partial charge in [-0.05, 0) is 36.2 Å². The average molecular weight is 363 g/mol. The number of nitrogens with one attached hydrogen (secondary N) is 1. The van der Waals surface area contributed by atoms with Crippen LogP contribution in [0.15, 0.2) is 42.5 Å². The second kappa shape index (κ2) is 6.32. The summed E-state index contributed by atoms with van der Waals surface area (Å²) in [7, 11) is 0. The van der Waals surface area contributed by atoms with Crippen LogP contribution in [0.1, 0.15) is 23.6 Å². The largest absolute Gasteiger partial charge is 0.454 e. The van der Waals surface area contributed by atoms with Gasteiger partial charge in [0.15, 0.2) is 11.5 Å². The summed E-state index contributed by atoms with van der Waals surface area (Å²) < 4.78 is 10.7. The molecular formula is C20H17N3O4. The molecule has 4 rings (SSSR count). The number of ether oxygens (including phenoxy) is 2. The highest BCUT2D eigenvalue weighted by Crippen LogP contribution is 2.34. The summed E-state index contributed by atoms with van der Waals surface area (Å²) >= 11 is 0. The molecule has 0 saturated carbocycles. The van der Waals surface area contributed by atoms with Gasteiger partial charge in [-0.15, -0.1) is 0 Å². The van der Waals surface area contributed by atoms with Crippen LogP contribution in [-0.4, -0.2) is 29.2 Å². The van der Waals surface area contributed by atoms with Crippen molar-refractivity contribution in [1.82, 2.24) is 10.2 Å². The Hall–Kier alpha value is -3.53. The molecular weight excluding hydrogens is 346 g/mol. The van der Waals surface area contributed by atoms with Gasteiger partial charge in [0.05, 0.1) is 18.2 Å². The van der Waals surface area contributed by atoms with Crippen molar-refractivity contribution >= 4 is 11.9 Å². The van der Waals surface area contributed by atoms with E-state index in [1.807, 2.05) is 12.1 Å². The molecule has 2 aromatic carbocycles. The predicted octanol–water partition coefficient (Wildman–Crippen LogP) is 2.34. The van der Waals surface area contributed by atoms with E-state index >= 15 is 0 Å². The normalized spacial score (nSPS) is 20.5. The maximum absolute atomic E-state index is 13.0. The third-order valence-electron chi connectivity index (χ3n) is 4.81. The van der Waals surface area contributed by atoms with Gasteiger partial charge in [-0.1, -0.05) is 24.3 Å². The Balaban J connectivity index is 1.55. The molecule has 136 valence electrons. The van der Waals surface area contributed by atoms with Gasteiger partial charge in [-0.2, -0.15) is 5.26 Å². The number of carbonyl (C=O) groups is 2. The molecule has 1 saturated heterocycles. The van der Waals surface area contributed by atoms with Crippen LogP contribution in [0.3, 0.4) is 0 Å². The summed E-state index contributed by atoms with van der Waals surface area (Å²) in [4.78, 5) is 26.6. The van der Waals surface area contributed by atoms with Gasteiger partial charge >= 0.3 is 6.03 Å². The number of hydrogen-bond donors (Lipinski definition) is 1. The molecule has 7 heteroatoms. The van der Waals surface area contributed by atoms with E-state index in [1.165, 1.54) is 0 Å². The molecule has 1 N–H and O–H groups in total. The molecule has 0 aromatic heterocycles. The minimum absolute atomic E-state index is 0.0606. The Morgan fingerprint density at radius 2 is 1.96 bits per heavy atom. The van der Waals surface area contributed by atoms with Gasteiger partial charge in [0.25, 0.3) is 5.91 Å². The van der Waals surface area contributed by atoms with E-state index < -0.39 is 11.6 Å². The molecule has 0 aliphatic carbocycles. The number of nitrogens with zero attached hydrogens (tertiary/aromatic N) is 2. The van der Waals surface area contributed by atoms with Crippen LogP contribution in [0.4, 0.5) is 4.79 Å². The van der Waals surface area contributed by atoms with E-state index in [0.29, 0.717) is 29.0 Å². The number of fused-ring (bicyclic) bond motifs is 1. The molecule has 1 fully saturated rings. The lowest BCUT2D eigenvalue weighted by molar-refractivity contribution is -0.131. The van der Waals surface area contributed by atoms with Crippen LogP contribution < -0.4 is 14.8 Å². The van der Waals surface area contributed by atoms with E-state index in [0.717, 1.165) is 10.5 Å². The molecule has 3 amide bonds. The molecule has 1 atom stereocenters. The predicted molar refractivity (Wildman–Crippen MR) is 94.9 cm³/mol. The first-order valence-electron chi connectivity index (χ1n) is 8.51. The van der Waals surface area contributed by atoms with Gasteiger partial charge in [0.2, 0.25) is 6.79 Å². The van der Waals surface area contributed by atoms with Crippen molar-refractivity contribution < 1.29 is 19.1 Å². The summed E-state index contributed by atoms with van der Waals surface area (Å²) in [5.41, 5.74) is 0.875. The number of hydrogen-bond acceptors (Lipinski definition) is 5. The molecule has 2 aliphatic heterocycles. The van der Waals surface area contributed by atoms with Crippen molar-refractivity contribution in [1.29, 1.82) is 5.26 Å². The standard InChI is InChI=1S/C20H17N3O4/c1-20(9-13-6-7-16-17(8-13)27-12-26-16)18(24)23(19(25)22-20)11-15-5-3-2-4-14(15)10-21/h2-8H,9,11-12H2,1H3,(H,22,25)/t20-/m1/s1. The Labute approximate surface area is 156 Å². The maximum atomic E-state index is 13.0. The topological polar surface area (TPSA) is 91.7 Å². The molecule has 0 radical (unpaired) electrons. The minimum atomic E-state index is -1.06. The van der Waals surface area contributed by atoms with Crippen LogP contribution in [0.2, 0.25) is 0 Å². The Bertz CT molecular complexity index is 981. The summed E-state index contributed by atoms with van der Waals surface area (Å²) in [5, 5.41) is 12.0. The van der Waals surface area contributed by atoms with Gasteiger partial charge in [-0.3, -0.25) is 9.69 Å². The van der Waals surface area contributed by atoms with Crippen molar-refractivity contribution in [2.45, 2.75) is 25.4 Å². The number of nitriles is 1. The van der Waals surface area contributed by atoms with Crippen molar-refractivity contribution in [2.75, 3.05) is 6.79 Å². The number of benzene rings is 2. The maximum Gasteiger partial charge on any atom is 0.325 e. The summed E-state index contributed by atoms with van der Waals surface area (Å²) in [6, 6.07) is 14.0. The molecule has 0 unspecified atom stereocenters. The second-order valence-electron chi connectivity index (χ2n) is 6.79. The zero-order valence-electron chi connectivity index (χ0n) is 14.7. The SMILES string of the molecule is C[C@]1(Cc2ccc3c(c2)OCO3)NC(=O)N(Cc2ccccc2C#N)C1=O. The lowest BCUT2D eigenvalue weighted by atomic mass is 9.92. The average Bonchev–Trinajstić information content (AvgIpc) is 3.20. The second-order valence-corrected chi connectivity index (χ2v) is 6.79. The number of carbonyl (C=O) groups excluding carboxylic acids is 2. The minimum Gasteiger partial charge on any atom is -0.454 e. The number of imide groups is 1. The highest BCUT2D eigenvalue weighted by molar-refractivity contribution is 6.06. The van der Waals surface area contributed by atoms with E-state index in [9.17, 15) is 14.9 Å². The van der Waals surface area contributed by atoms with E-state index in [4.69, 9.17) is 9.47 Å². The van der Waals surface area contributed by atoms with Crippen LogP contribution in [-0.2, 0) is 17.8 Å². The van der Waals surface area contributed by atoms with Gasteiger partial charge in [0, 0.05) is 6.42 Å². The van der Waals surface area contributed by atoms with Crippen molar-refractivity contribution in [3.05, 3.63) is 59.2 Å². The lowest BCUT2D eigenvalue weighted by Gasteiger charge is -2.22. The zero-order chi connectivity index (χ0) is 19.0. The van der Waals surface area contributed by atoms with Crippen LogP contribution in [0.5, 0.6) is 11.5 Å². The molecule has 7 nitrogen and oxygen atoms in total. The summed E-state index contributed by atoms with van der Waals surface area (Å²) in [5.74, 6) is 0.978. The fourth-order valence-electron chi connectivity index (χ4n) is 3.41. The van der Waals surface area contributed by atoms with Gasteiger partial charge < -0.3 is 14.8 Å². The first kappa shape index (κ1) is 16.9. The highest BCUT2D eigenvalue weighted by atomic mass is 16.7. The van der Waals surface area contributed by atoms with E-state index in [1.54, 1.807) is 37.3 Å². The fraction of sp³-hybridized carbons (Fsp3) is 0.250. The zero-order valence-corrected chi connectivity index (χ0v) is 14.7. The van der Waals surface area contributed by atoms with Crippen molar-refractivity contribution in [3.63, 3.8) is 0 Å². The van der Waals surface area contributed by atoms with E-state index in [2.05, 4.69) is 11.4 Å². The fourth-order valence-corrected chi connectivity index (χ4v) is 3.41. The quantitative estimate of drug-likeness (QED) is 0.842. The first-order valence-corrected chi connectivity index (χ1v) is 8.51. The molecule has 2 heterocycles. The molecule has 2 aromatic rings. The van der Waals surface area contributed by atoms with Gasteiger partial charge in [0.1, 0.15) is 5.54 Å². The highest BCUT2D eigenvalue weighted by Gasteiger charge is 2.47. The Kier molecular flexibility index (Phi) is 3.96. The van der Waals surface area contributed by atoms with Gasteiger partial charge in [-0.25, -0.2) is 4.79 Å². The Morgan fingerprint density at radius 1 is 1.19 bits per heavy atom. The monoisotopic (exact) mass is 363 g/mol. The van der Waals surface area contributed by atoms with Crippen LogP contribution in [0.25, 0.3) is 0 Å². The lowest BCUT2D eigenvalue weighted by Crippen LogP contribution is -2.45. The molecule has 2 aliphatic rings. The number of rotatable bonds is 4. The third kappa shape index (κ3) is 2.95. The summed E-state index contributed by atoms with van der Waals surface area (Å²) in [6.45, 7) is 1.94. The van der Waals surface area contributed by atoms with Crippen LogP contribution >= 0.6 is 0 Å². The molecule has 0 bridgehead atoms. The number of amides is 3. The van der Waals surface area contributed by atoms with Crippen molar-refractivity contribution in [2.24, 2.45) is 0 Å². The third-order valence-corrected chi connectivity index (χ3v) is 4.81. The molecule has 0 spiro atoms. The molecule has 27 heavy (non-hydrogen) atoms. The summed E-state index contributed by atoms with van der Waals surface area (Å²) in [6.07, 6.45) is 0.324. The first-order chi connectivity index (χ1) is 13.0. The smallest absolute Gasteiger partial charge is 0.325 e.